The number of hydrogen-bond acceptors (Lipinski definition) is 2. The van der Waals surface area contributed by atoms with Crippen LogP contribution in [0.3, 0.4) is 0 Å². The van der Waals surface area contributed by atoms with Gasteiger partial charge >= 0.3 is 12.5 Å². The Balaban J connectivity index is 3.32. The Morgan fingerprint density at radius 2 is 1.70 bits per heavy atom. The number of ketones is 1. The van der Waals surface area contributed by atoms with Crippen LogP contribution in [0.1, 0.15) is 23.4 Å². The Morgan fingerprint density at radius 1 is 1.15 bits per heavy atom. The van der Waals surface area contributed by atoms with Crippen LogP contribution in [0.4, 0.5) is 26.3 Å². The minimum atomic E-state index is -5.15. The summed E-state index contributed by atoms with van der Waals surface area (Å²) in [5.41, 5.74) is -1.81. The summed E-state index contributed by atoms with van der Waals surface area (Å²) >= 11 is 5.55. The van der Waals surface area contributed by atoms with E-state index in [1.54, 1.807) is 0 Å². The normalized spacial score (nSPS) is 14.0. The Bertz CT molecular complexity index is 509. The predicted octanol–water partition coefficient (Wildman–Crippen LogP) is 4.47. The van der Waals surface area contributed by atoms with Gasteiger partial charge in [0.05, 0.1) is 5.56 Å². The first kappa shape index (κ1) is 16.6. The van der Waals surface area contributed by atoms with Crippen molar-refractivity contribution in [2.75, 3.05) is 0 Å². The number of hydrogen-bond donors (Lipinski definition) is 0. The monoisotopic (exact) mass is 320 g/mol. The maximum Gasteiger partial charge on any atom is 0.573 e. The molecule has 0 spiro atoms. The number of Topliss-reactive ketones (excluding diaryl/α,β-unsaturated/α-hetero) is 1. The fourth-order valence-electron chi connectivity index (χ4n) is 1.36. The molecule has 0 fully saturated rings. The highest BCUT2D eigenvalue weighted by atomic mass is 35.5. The Hall–Kier alpha value is -1.44. The van der Waals surface area contributed by atoms with Crippen LogP contribution in [0.2, 0.25) is 0 Å². The molecule has 9 heteroatoms. The lowest BCUT2D eigenvalue weighted by Gasteiger charge is -2.15. The zero-order chi connectivity index (χ0) is 15.7. The summed E-state index contributed by atoms with van der Waals surface area (Å²) in [6.45, 7) is 1.00. The van der Waals surface area contributed by atoms with Crippen LogP contribution in [0.25, 0.3) is 0 Å². The molecule has 1 atom stereocenters. The van der Waals surface area contributed by atoms with Crippen LogP contribution >= 0.6 is 11.6 Å². The first-order valence-electron chi connectivity index (χ1n) is 5.02. The molecule has 1 aromatic rings. The fraction of sp³-hybridized carbons (Fsp3) is 0.364. The van der Waals surface area contributed by atoms with Crippen molar-refractivity contribution in [2.24, 2.45) is 0 Å². The third-order valence-corrected chi connectivity index (χ3v) is 2.70. The topological polar surface area (TPSA) is 26.3 Å². The SMILES string of the molecule is CC(=O)C(Cl)c1cc(OC(F)(F)F)cc(C(F)(F)F)c1. The molecule has 0 heterocycles. The van der Waals surface area contributed by atoms with Crippen molar-refractivity contribution in [3.63, 3.8) is 0 Å². The Kier molecular flexibility index (Phi) is 4.58. The maximum absolute atomic E-state index is 12.6. The number of carbonyl (C=O) groups is 1. The van der Waals surface area contributed by atoms with E-state index in [0.717, 1.165) is 6.92 Å². The number of ether oxygens (including phenoxy) is 1. The number of rotatable bonds is 3. The van der Waals surface area contributed by atoms with Crippen molar-refractivity contribution in [2.45, 2.75) is 24.8 Å². The van der Waals surface area contributed by atoms with Gasteiger partial charge in [-0.25, -0.2) is 0 Å². The van der Waals surface area contributed by atoms with Crippen LogP contribution in [0.5, 0.6) is 5.75 Å². The van der Waals surface area contributed by atoms with E-state index in [-0.39, 0.29) is 6.07 Å². The average molecular weight is 321 g/mol. The quantitative estimate of drug-likeness (QED) is 0.606. The first-order valence-corrected chi connectivity index (χ1v) is 5.46. The molecular formula is C11H7ClF6O2. The van der Waals surface area contributed by atoms with Gasteiger partial charge in [-0.1, -0.05) is 0 Å². The molecule has 0 aliphatic carbocycles. The lowest BCUT2D eigenvalue weighted by atomic mass is 10.0. The minimum Gasteiger partial charge on any atom is -0.406 e. The van der Waals surface area contributed by atoms with Gasteiger partial charge in [0.1, 0.15) is 11.1 Å². The summed E-state index contributed by atoms with van der Waals surface area (Å²) in [6.07, 6.45) is -10.0. The van der Waals surface area contributed by atoms with Gasteiger partial charge in [0.2, 0.25) is 0 Å². The molecule has 0 saturated carbocycles. The van der Waals surface area contributed by atoms with E-state index in [2.05, 4.69) is 4.74 Å². The van der Waals surface area contributed by atoms with E-state index in [9.17, 15) is 31.1 Å². The third-order valence-electron chi connectivity index (χ3n) is 2.14. The first-order chi connectivity index (χ1) is 8.90. The standard InChI is InChI=1S/C11H7ClF6O2/c1-5(19)9(12)6-2-7(10(13,14)15)4-8(3-6)20-11(16,17)18/h2-4,9H,1H3. The highest BCUT2D eigenvalue weighted by Crippen LogP contribution is 2.37. The molecule has 0 N–H and O–H groups in total. The molecule has 0 aliphatic rings. The molecule has 20 heavy (non-hydrogen) atoms. The van der Waals surface area contributed by atoms with E-state index >= 15 is 0 Å². The maximum atomic E-state index is 12.6. The summed E-state index contributed by atoms with van der Waals surface area (Å²) in [5.74, 6) is -1.79. The zero-order valence-electron chi connectivity index (χ0n) is 9.77. The van der Waals surface area contributed by atoms with Crippen LogP contribution in [0, 0.1) is 0 Å². The summed E-state index contributed by atoms with van der Waals surface area (Å²) < 4.78 is 77.4. The molecule has 0 bridgehead atoms. The van der Waals surface area contributed by atoms with E-state index in [4.69, 9.17) is 11.6 Å². The average Bonchev–Trinajstić information content (AvgIpc) is 2.23. The number of carbonyl (C=O) groups excluding carboxylic acids is 1. The lowest BCUT2D eigenvalue weighted by Crippen LogP contribution is -2.18. The van der Waals surface area contributed by atoms with Gasteiger partial charge in [-0.3, -0.25) is 4.79 Å². The molecule has 1 aromatic carbocycles. The smallest absolute Gasteiger partial charge is 0.406 e. The molecule has 0 saturated heterocycles. The van der Waals surface area contributed by atoms with Gasteiger partial charge < -0.3 is 4.74 Å². The summed E-state index contributed by atoms with van der Waals surface area (Å²) in [7, 11) is 0. The molecule has 0 amide bonds. The highest BCUT2D eigenvalue weighted by molar-refractivity contribution is 6.30. The van der Waals surface area contributed by atoms with Crippen molar-refractivity contribution in [1.82, 2.24) is 0 Å². The second-order valence-corrected chi connectivity index (χ2v) is 4.25. The van der Waals surface area contributed by atoms with Gasteiger partial charge in [-0.2, -0.15) is 13.2 Å². The van der Waals surface area contributed by atoms with Crippen molar-refractivity contribution in [3.05, 3.63) is 29.3 Å². The number of alkyl halides is 7. The zero-order valence-corrected chi connectivity index (χ0v) is 10.5. The van der Waals surface area contributed by atoms with Crippen LogP contribution in [-0.4, -0.2) is 12.1 Å². The van der Waals surface area contributed by atoms with Crippen molar-refractivity contribution in [3.8, 4) is 5.75 Å². The molecule has 1 unspecified atom stereocenters. The number of benzene rings is 1. The molecule has 0 aliphatic heterocycles. The van der Waals surface area contributed by atoms with Crippen molar-refractivity contribution < 1.29 is 35.9 Å². The van der Waals surface area contributed by atoms with Gasteiger partial charge in [-0.05, 0) is 30.7 Å². The van der Waals surface area contributed by atoms with Crippen molar-refractivity contribution >= 4 is 17.4 Å². The highest BCUT2D eigenvalue weighted by Gasteiger charge is 2.35. The van der Waals surface area contributed by atoms with Gasteiger partial charge in [0.15, 0.2) is 5.78 Å². The summed E-state index contributed by atoms with van der Waals surface area (Å²) in [5, 5.41) is -1.49. The molecule has 1 rings (SSSR count). The van der Waals surface area contributed by atoms with Crippen molar-refractivity contribution in [1.29, 1.82) is 0 Å². The molecule has 2 nitrogen and oxygen atoms in total. The third kappa shape index (κ3) is 4.59. The molecule has 112 valence electrons. The molecule has 0 aromatic heterocycles. The van der Waals surface area contributed by atoms with Gasteiger partial charge in [0, 0.05) is 0 Å². The molecular weight excluding hydrogens is 314 g/mol. The Morgan fingerprint density at radius 3 is 2.10 bits per heavy atom. The second-order valence-electron chi connectivity index (χ2n) is 3.81. The fourth-order valence-corrected chi connectivity index (χ4v) is 1.49. The largest absolute Gasteiger partial charge is 0.573 e. The van der Waals surface area contributed by atoms with Crippen LogP contribution < -0.4 is 4.74 Å². The van der Waals surface area contributed by atoms with E-state index < -0.39 is 40.6 Å². The predicted molar refractivity (Wildman–Crippen MR) is 57.4 cm³/mol. The summed E-state index contributed by atoms with van der Waals surface area (Å²) in [6, 6.07) is 1.32. The van der Waals surface area contributed by atoms with E-state index in [1.807, 2.05) is 0 Å². The van der Waals surface area contributed by atoms with Gasteiger partial charge in [-0.15, -0.1) is 24.8 Å². The number of halogens is 7. The molecule has 0 radical (unpaired) electrons. The van der Waals surface area contributed by atoms with E-state index in [0.29, 0.717) is 12.1 Å². The van der Waals surface area contributed by atoms with Crippen LogP contribution in [0.15, 0.2) is 18.2 Å². The summed E-state index contributed by atoms with van der Waals surface area (Å²) in [4.78, 5) is 11.0. The minimum absolute atomic E-state index is 0.181. The lowest BCUT2D eigenvalue weighted by molar-refractivity contribution is -0.274. The van der Waals surface area contributed by atoms with Crippen LogP contribution in [-0.2, 0) is 11.0 Å². The van der Waals surface area contributed by atoms with Gasteiger partial charge in [0.25, 0.3) is 0 Å². The second kappa shape index (κ2) is 5.51. The Labute approximate surface area is 114 Å². The van der Waals surface area contributed by atoms with E-state index in [1.165, 1.54) is 0 Å².